The van der Waals surface area contributed by atoms with Gasteiger partial charge in [-0.25, -0.2) is 19.7 Å². The molecule has 0 unspecified atom stereocenters. The van der Waals surface area contributed by atoms with Gasteiger partial charge in [0.2, 0.25) is 0 Å². The lowest BCUT2D eigenvalue weighted by atomic mass is 10.1. The standard InChI is InChI=1S/C15H17N7O/c23-15-19-7-10(12-8-18-14-11(21-12)3-5-17-14)13(22-15)20-9-2-1-4-16-6-9/h3,5,7-9,16H,1-2,4,6H2,(H,17,18)(H2,19,20,22,23)/t9-/m0/s1. The summed E-state index contributed by atoms with van der Waals surface area (Å²) in [6, 6.07) is 2.13. The lowest BCUT2D eigenvalue weighted by molar-refractivity contribution is 0.479. The second kappa shape index (κ2) is 5.81. The largest absolute Gasteiger partial charge is 0.367 e. The van der Waals surface area contributed by atoms with Gasteiger partial charge in [-0.1, -0.05) is 0 Å². The Morgan fingerprint density at radius 1 is 1.26 bits per heavy atom. The number of hydrogen-bond acceptors (Lipinski definition) is 6. The van der Waals surface area contributed by atoms with E-state index in [1.54, 1.807) is 18.6 Å². The molecule has 1 aliphatic heterocycles. The van der Waals surface area contributed by atoms with E-state index in [2.05, 4.69) is 35.6 Å². The van der Waals surface area contributed by atoms with Crippen molar-refractivity contribution in [3.8, 4) is 11.3 Å². The van der Waals surface area contributed by atoms with Gasteiger partial charge in [0.25, 0.3) is 0 Å². The van der Waals surface area contributed by atoms with Crippen LogP contribution in [0.1, 0.15) is 12.8 Å². The number of aromatic nitrogens is 5. The molecule has 4 rings (SSSR count). The number of nitrogens with zero attached hydrogens (tertiary/aromatic N) is 3. The van der Waals surface area contributed by atoms with Gasteiger partial charge in [0.1, 0.15) is 11.3 Å². The molecule has 1 saturated heterocycles. The minimum atomic E-state index is -0.379. The normalized spacial score (nSPS) is 18.2. The fourth-order valence-corrected chi connectivity index (χ4v) is 2.84. The number of hydrogen-bond donors (Lipinski definition) is 4. The number of H-pyrrole nitrogens is 2. The average Bonchev–Trinajstić information content (AvgIpc) is 3.03. The summed E-state index contributed by atoms with van der Waals surface area (Å²) in [5.41, 5.74) is 2.55. The molecule has 0 aliphatic carbocycles. The Labute approximate surface area is 131 Å². The third-order valence-electron chi connectivity index (χ3n) is 3.99. The highest BCUT2D eigenvalue weighted by atomic mass is 16.1. The van der Waals surface area contributed by atoms with Gasteiger partial charge in [-0.05, 0) is 25.5 Å². The molecule has 118 valence electrons. The first kappa shape index (κ1) is 13.9. The molecule has 8 nitrogen and oxygen atoms in total. The van der Waals surface area contributed by atoms with Gasteiger partial charge < -0.3 is 15.6 Å². The molecule has 0 saturated carbocycles. The summed E-state index contributed by atoms with van der Waals surface area (Å²) < 4.78 is 0. The van der Waals surface area contributed by atoms with E-state index in [4.69, 9.17) is 0 Å². The van der Waals surface area contributed by atoms with E-state index in [1.807, 2.05) is 6.07 Å². The molecule has 0 amide bonds. The van der Waals surface area contributed by atoms with Gasteiger partial charge in [-0.3, -0.25) is 4.98 Å². The van der Waals surface area contributed by atoms with Crippen LogP contribution in [0.5, 0.6) is 0 Å². The van der Waals surface area contributed by atoms with Crippen LogP contribution in [-0.4, -0.2) is 44.1 Å². The van der Waals surface area contributed by atoms with Crippen LogP contribution in [0.25, 0.3) is 22.4 Å². The van der Waals surface area contributed by atoms with Crippen molar-refractivity contribution in [2.24, 2.45) is 0 Å². The zero-order valence-electron chi connectivity index (χ0n) is 12.5. The van der Waals surface area contributed by atoms with Gasteiger partial charge in [0, 0.05) is 25.0 Å². The summed E-state index contributed by atoms with van der Waals surface area (Å²) in [5.74, 6) is 0.642. The van der Waals surface area contributed by atoms with E-state index in [-0.39, 0.29) is 11.7 Å². The zero-order valence-corrected chi connectivity index (χ0v) is 12.5. The molecular weight excluding hydrogens is 294 g/mol. The molecule has 23 heavy (non-hydrogen) atoms. The molecule has 0 spiro atoms. The molecule has 0 radical (unpaired) electrons. The maximum absolute atomic E-state index is 11.6. The van der Waals surface area contributed by atoms with Crippen LogP contribution in [0, 0.1) is 0 Å². The first-order valence-electron chi connectivity index (χ1n) is 7.67. The van der Waals surface area contributed by atoms with E-state index in [1.165, 1.54) is 0 Å². The van der Waals surface area contributed by atoms with Crippen LogP contribution < -0.4 is 16.3 Å². The highest BCUT2D eigenvalue weighted by Gasteiger charge is 2.16. The smallest absolute Gasteiger partial charge is 0.346 e. The fraction of sp³-hybridized carbons (Fsp3) is 0.333. The Bertz CT molecular complexity index is 879. The van der Waals surface area contributed by atoms with Gasteiger partial charge >= 0.3 is 5.69 Å². The van der Waals surface area contributed by atoms with Crippen LogP contribution in [0.15, 0.2) is 29.5 Å². The highest BCUT2D eigenvalue weighted by molar-refractivity contribution is 5.77. The van der Waals surface area contributed by atoms with E-state index >= 15 is 0 Å². The summed E-state index contributed by atoms with van der Waals surface area (Å²) in [4.78, 5) is 30.2. The van der Waals surface area contributed by atoms with Crippen molar-refractivity contribution in [2.75, 3.05) is 18.4 Å². The molecule has 1 aliphatic rings. The summed E-state index contributed by atoms with van der Waals surface area (Å²) in [5, 5.41) is 6.74. The van der Waals surface area contributed by atoms with Gasteiger partial charge in [0.15, 0.2) is 5.65 Å². The topological polar surface area (TPSA) is 111 Å². The number of anilines is 1. The van der Waals surface area contributed by atoms with Crippen LogP contribution in [0.4, 0.5) is 5.82 Å². The molecule has 4 heterocycles. The van der Waals surface area contributed by atoms with Crippen molar-refractivity contribution in [1.29, 1.82) is 0 Å². The summed E-state index contributed by atoms with van der Waals surface area (Å²) in [6.07, 6.45) is 7.18. The Morgan fingerprint density at radius 3 is 3.09 bits per heavy atom. The minimum Gasteiger partial charge on any atom is -0.367 e. The maximum Gasteiger partial charge on any atom is 0.346 e. The molecule has 1 atom stereocenters. The molecule has 1 fully saturated rings. The molecule has 3 aromatic heterocycles. The van der Waals surface area contributed by atoms with Crippen molar-refractivity contribution < 1.29 is 0 Å². The average molecular weight is 311 g/mol. The van der Waals surface area contributed by atoms with E-state index in [9.17, 15) is 4.79 Å². The maximum atomic E-state index is 11.6. The van der Waals surface area contributed by atoms with E-state index in [0.717, 1.165) is 42.7 Å². The Kier molecular flexibility index (Phi) is 3.51. The van der Waals surface area contributed by atoms with Crippen molar-refractivity contribution in [1.82, 2.24) is 30.2 Å². The second-order valence-corrected chi connectivity index (χ2v) is 5.63. The quantitative estimate of drug-likeness (QED) is 0.571. The Morgan fingerprint density at radius 2 is 2.22 bits per heavy atom. The van der Waals surface area contributed by atoms with Crippen LogP contribution in [0.2, 0.25) is 0 Å². The molecular formula is C15H17N7O. The molecule has 3 aromatic rings. The number of rotatable bonds is 3. The van der Waals surface area contributed by atoms with Crippen molar-refractivity contribution >= 4 is 17.0 Å². The summed E-state index contributed by atoms with van der Waals surface area (Å²) in [7, 11) is 0. The van der Waals surface area contributed by atoms with Gasteiger partial charge in [-0.2, -0.15) is 0 Å². The molecule has 0 bridgehead atoms. The SMILES string of the molecule is O=c1ncc(-c2cnc3[nH]ccc3n2)c(N[C@H]2CCCNC2)[nH]1. The Hall–Kier alpha value is -2.74. The first-order valence-corrected chi connectivity index (χ1v) is 7.67. The van der Waals surface area contributed by atoms with Crippen LogP contribution in [0.3, 0.4) is 0 Å². The highest BCUT2D eigenvalue weighted by Crippen LogP contribution is 2.24. The van der Waals surface area contributed by atoms with Crippen LogP contribution in [-0.2, 0) is 0 Å². The van der Waals surface area contributed by atoms with Gasteiger partial charge in [0.05, 0.1) is 17.5 Å². The van der Waals surface area contributed by atoms with E-state index < -0.39 is 0 Å². The molecule has 8 heteroatoms. The monoisotopic (exact) mass is 311 g/mol. The summed E-state index contributed by atoms with van der Waals surface area (Å²) >= 11 is 0. The second-order valence-electron chi connectivity index (χ2n) is 5.63. The lowest BCUT2D eigenvalue weighted by Crippen LogP contribution is -2.39. The number of nitrogens with one attached hydrogen (secondary N) is 4. The predicted octanol–water partition coefficient (Wildman–Crippen LogP) is 0.872. The van der Waals surface area contributed by atoms with Crippen molar-refractivity contribution in [2.45, 2.75) is 18.9 Å². The lowest BCUT2D eigenvalue weighted by Gasteiger charge is -2.25. The van der Waals surface area contributed by atoms with Crippen LogP contribution >= 0.6 is 0 Å². The Balaban J connectivity index is 1.73. The fourth-order valence-electron chi connectivity index (χ4n) is 2.84. The predicted molar refractivity (Wildman–Crippen MR) is 87.3 cm³/mol. The zero-order chi connectivity index (χ0) is 15.6. The number of piperidine rings is 1. The first-order chi connectivity index (χ1) is 11.3. The third-order valence-corrected chi connectivity index (χ3v) is 3.99. The third kappa shape index (κ3) is 2.80. The van der Waals surface area contributed by atoms with Crippen molar-refractivity contribution in [3.05, 3.63) is 35.1 Å². The van der Waals surface area contributed by atoms with E-state index in [0.29, 0.717) is 11.5 Å². The molecule has 4 N–H and O–H groups in total. The minimum absolute atomic E-state index is 0.268. The molecule has 0 aromatic carbocycles. The van der Waals surface area contributed by atoms with Crippen molar-refractivity contribution in [3.63, 3.8) is 0 Å². The number of fused-ring (bicyclic) bond motifs is 1. The number of aromatic amines is 2. The van der Waals surface area contributed by atoms with Gasteiger partial charge in [-0.15, -0.1) is 0 Å². The summed E-state index contributed by atoms with van der Waals surface area (Å²) in [6.45, 7) is 1.90.